The van der Waals surface area contributed by atoms with E-state index >= 15 is 0 Å². The van der Waals surface area contributed by atoms with Gasteiger partial charge in [-0.15, -0.1) is 0 Å². The molecule has 0 unspecified atom stereocenters. The van der Waals surface area contributed by atoms with Gasteiger partial charge in [-0.1, -0.05) is 24.3 Å². The van der Waals surface area contributed by atoms with Crippen molar-refractivity contribution in [2.45, 2.75) is 32.0 Å². The summed E-state index contributed by atoms with van der Waals surface area (Å²) in [6.45, 7) is 2.11. The Hall–Kier alpha value is -4.34. The Balaban J connectivity index is 1.17. The van der Waals surface area contributed by atoms with Gasteiger partial charge in [0.2, 0.25) is 5.91 Å². The lowest BCUT2D eigenvalue weighted by molar-refractivity contribution is -0.138. The minimum Gasteiger partial charge on any atom is -0.457 e. The molecule has 4 aromatic rings. The Morgan fingerprint density at radius 1 is 1.11 bits per heavy atom. The highest BCUT2D eigenvalue weighted by molar-refractivity contribution is 6.01. The third-order valence-corrected chi connectivity index (χ3v) is 6.71. The van der Waals surface area contributed by atoms with Gasteiger partial charge in [0.25, 0.3) is 5.91 Å². The van der Waals surface area contributed by atoms with Gasteiger partial charge < -0.3 is 14.6 Å². The third-order valence-electron chi connectivity index (χ3n) is 6.71. The zero-order valence-electron chi connectivity index (χ0n) is 20.5. The fraction of sp³-hybridized carbons (Fsp3) is 0.250. The van der Waals surface area contributed by atoms with Crippen LogP contribution < -0.4 is 5.32 Å². The van der Waals surface area contributed by atoms with Crippen molar-refractivity contribution in [2.24, 2.45) is 0 Å². The lowest BCUT2D eigenvalue weighted by Crippen LogP contribution is -2.39. The van der Waals surface area contributed by atoms with Crippen LogP contribution in [0.5, 0.6) is 0 Å². The highest BCUT2D eigenvalue weighted by atomic mass is 19.4. The Labute approximate surface area is 216 Å². The van der Waals surface area contributed by atoms with Gasteiger partial charge in [0.1, 0.15) is 11.3 Å². The normalized spacial score (nSPS) is 14.9. The number of furan rings is 1. The maximum atomic E-state index is 13.2. The van der Waals surface area contributed by atoms with Crippen molar-refractivity contribution in [3.8, 4) is 0 Å². The summed E-state index contributed by atoms with van der Waals surface area (Å²) in [6, 6.07) is 13.1. The predicted octanol–water partition coefficient (Wildman–Crippen LogP) is 6.09. The van der Waals surface area contributed by atoms with E-state index in [2.05, 4.69) is 10.4 Å². The number of fused-ring (bicyclic) bond motifs is 1. The number of nitrogens with one attached hydrogen (secondary N) is 1. The molecule has 1 aliphatic heterocycles. The number of nitrogens with zero attached hydrogens (tertiary/aromatic N) is 3. The van der Waals surface area contributed by atoms with Gasteiger partial charge in [-0.3, -0.25) is 14.3 Å². The van der Waals surface area contributed by atoms with Gasteiger partial charge in [0.15, 0.2) is 0 Å². The lowest BCUT2D eigenvalue weighted by Gasteiger charge is -2.32. The average molecular weight is 523 g/mol. The summed E-state index contributed by atoms with van der Waals surface area (Å²) < 4.78 is 47.2. The molecule has 3 heterocycles. The molecule has 7 nitrogen and oxygen atoms in total. The first kappa shape index (κ1) is 25.3. The number of amides is 2. The summed E-state index contributed by atoms with van der Waals surface area (Å²) in [5, 5.41) is 8.07. The van der Waals surface area contributed by atoms with Gasteiger partial charge in [-0.25, -0.2) is 0 Å². The molecule has 1 saturated heterocycles. The Kier molecular flexibility index (Phi) is 6.79. The number of anilines is 1. The van der Waals surface area contributed by atoms with E-state index in [0.29, 0.717) is 37.4 Å². The SMILES string of the molecule is Cc1c(C(=O)N2CCC(n3cc(NC(=O)/C=C/c4cc5ccccc5o4)cn3)CC2)cccc1C(F)(F)F. The number of aromatic nitrogens is 2. The van der Waals surface area contributed by atoms with Crippen LogP contribution in [0.3, 0.4) is 0 Å². The van der Waals surface area contributed by atoms with Crippen LogP contribution in [0.25, 0.3) is 17.0 Å². The second-order valence-electron chi connectivity index (χ2n) is 9.22. The van der Waals surface area contributed by atoms with Crippen LogP contribution >= 0.6 is 0 Å². The summed E-state index contributed by atoms with van der Waals surface area (Å²) in [6.07, 6.45) is 2.93. The minimum absolute atomic E-state index is 0.00148. The summed E-state index contributed by atoms with van der Waals surface area (Å²) in [5.74, 6) is -0.169. The Bertz CT molecular complexity index is 1480. The molecule has 0 spiro atoms. The van der Waals surface area contributed by atoms with Crippen molar-refractivity contribution in [1.29, 1.82) is 0 Å². The zero-order chi connectivity index (χ0) is 26.9. The number of alkyl halides is 3. The maximum Gasteiger partial charge on any atom is 0.416 e. The molecular weight excluding hydrogens is 497 g/mol. The smallest absolute Gasteiger partial charge is 0.416 e. The summed E-state index contributed by atoms with van der Waals surface area (Å²) in [5.41, 5.74) is 0.484. The Morgan fingerprint density at radius 3 is 2.61 bits per heavy atom. The van der Waals surface area contributed by atoms with Crippen LogP contribution in [-0.4, -0.2) is 39.6 Å². The molecule has 1 aliphatic rings. The van der Waals surface area contributed by atoms with E-state index in [0.717, 1.165) is 17.0 Å². The van der Waals surface area contributed by atoms with E-state index < -0.39 is 17.6 Å². The number of carbonyl (C=O) groups excluding carboxylic acids is 2. The molecule has 0 bridgehead atoms. The molecule has 1 N–H and O–H groups in total. The third kappa shape index (κ3) is 5.34. The standard InChI is InChI=1S/C28H25F3N4O3/c1-18-23(6-4-7-24(18)28(29,30)31)27(37)34-13-11-21(12-14-34)35-17-20(16-32-35)33-26(36)10-9-22-15-19-5-2-3-8-25(19)38-22/h2-10,15-17,21H,11-14H2,1H3,(H,33,36)/b10-9+. The molecule has 0 radical (unpaired) electrons. The number of rotatable bonds is 5. The van der Waals surface area contributed by atoms with E-state index in [1.165, 1.54) is 25.1 Å². The van der Waals surface area contributed by atoms with Crippen LogP contribution in [0.15, 0.2) is 71.4 Å². The van der Waals surface area contributed by atoms with Crippen molar-refractivity contribution >= 4 is 34.5 Å². The number of likely N-dealkylation sites (tertiary alicyclic amines) is 1. The van der Waals surface area contributed by atoms with E-state index in [1.54, 1.807) is 28.1 Å². The second-order valence-corrected chi connectivity index (χ2v) is 9.22. The topological polar surface area (TPSA) is 80.4 Å². The number of piperidine rings is 1. The molecule has 0 saturated carbocycles. The lowest BCUT2D eigenvalue weighted by atomic mass is 9.99. The summed E-state index contributed by atoms with van der Waals surface area (Å²) in [4.78, 5) is 26.9. The van der Waals surface area contributed by atoms with Crippen molar-refractivity contribution in [2.75, 3.05) is 18.4 Å². The quantitative estimate of drug-likeness (QED) is 0.322. The molecule has 5 rings (SSSR count). The summed E-state index contributed by atoms with van der Waals surface area (Å²) >= 11 is 0. The van der Waals surface area contributed by atoms with Crippen LogP contribution in [0.1, 0.15) is 46.1 Å². The van der Waals surface area contributed by atoms with Crippen LogP contribution in [-0.2, 0) is 11.0 Å². The van der Waals surface area contributed by atoms with Gasteiger partial charge in [-0.05, 0) is 55.7 Å². The van der Waals surface area contributed by atoms with Gasteiger partial charge >= 0.3 is 6.18 Å². The van der Waals surface area contributed by atoms with Gasteiger partial charge in [0, 0.05) is 36.3 Å². The van der Waals surface area contributed by atoms with E-state index in [1.807, 2.05) is 30.3 Å². The average Bonchev–Trinajstić information content (AvgIpc) is 3.53. The number of hydrogen-bond donors (Lipinski definition) is 1. The van der Waals surface area contributed by atoms with Crippen molar-refractivity contribution < 1.29 is 27.2 Å². The number of hydrogen-bond acceptors (Lipinski definition) is 4. The molecule has 196 valence electrons. The first-order valence-corrected chi connectivity index (χ1v) is 12.2. The highest BCUT2D eigenvalue weighted by Gasteiger charge is 2.34. The zero-order valence-corrected chi connectivity index (χ0v) is 20.5. The fourth-order valence-corrected chi connectivity index (χ4v) is 4.71. The van der Waals surface area contributed by atoms with Crippen LogP contribution in [0.4, 0.5) is 18.9 Å². The van der Waals surface area contributed by atoms with E-state index in [4.69, 9.17) is 4.42 Å². The molecule has 0 atom stereocenters. The van der Waals surface area contributed by atoms with Gasteiger partial charge in [0.05, 0.1) is 23.5 Å². The molecule has 2 aromatic heterocycles. The summed E-state index contributed by atoms with van der Waals surface area (Å²) in [7, 11) is 0. The Morgan fingerprint density at radius 2 is 1.87 bits per heavy atom. The number of para-hydroxylation sites is 1. The minimum atomic E-state index is -4.51. The highest BCUT2D eigenvalue weighted by Crippen LogP contribution is 2.34. The molecule has 10 heteroatoms. The van der Waals surface area contributed by atoms with Crippen molar-refractivity contribution in [1.82, 2.24) is 14.7 Å². The molecule has 2 aromatic carbocycles. The number of carbonyl (C=O) groups is 2. The molecule has 1 fully saturated rings. The molecular formula is C28H25F3N4O3. The maximum absolute atomic E-state index is 13.2. The predicted molar refractivity (Wildman–Crippen MR) is 136 cm³/mol. The number of benzene rings is 2. The van der Waals surface area contributed by atoms with E-state index in [-0.39, 0.29) is 23.1 Å². The van der Waals surface area contributed by atoms with Crippen LogP contribution in [0.2, 0.25) is 0 Å². The first-order valence-electron chi connectivity index (χ1n) is 12.2. The van der Waals surface area contributed by atoms with Crippen molar-refractivity contribution in [3.05, 3.63) is 89.5 Å². The largest absolute Gasteiger partial charge is 0.457 e. The van der Waals surface area contributed by atoms with Gasteiger partial charge in [-0.2, -0.15) is 18.3 Å². The van der Waals surface area contributed by atoms with Crippen molar-refractivity contribution in [3.63, 3.8) is 0 Å². The van der Waals surface area contributed by atoms with Crippen LogP contribution in [0, 0.1) is 6.92 Å². The monoisotopic (exact) mass is 522 g/mol. The first-order chi connectivity index (χ1) is 18.2. The fourth-order valence-electron chi connectivity index (χ4n) is 4.71. The molecule has 38 heavy (non-hydrogen) atoms. The molecule has 0 aliphatic carbocycles. The van der Waals surface area contributed by atoms with E-state index in [9.17, 15) is 22.8 Å². The second kappa shape index (κ2) is 10.2. The molecule has 2 amide bonds. The number of halogens is 3.